The summed E-state index contributed by atoms with van der Waals surface area (Å²) in [5.74, 6) is -0.226. The van der Waals surface area contributed by atoms with Gasteiger partial charge in [-0.2, -0.15) is 0 Å². The van der Waals surface area contributed by atoms with Gasteiger partial charge in [0, 0.05) is 23.0 Å². The van der Waals surface area contributed by atoms with Crippen molar-refractivity contribution in [3.63, 3.8) is 0 Å². The first-order chi connectivity index (χ1) is 11.5. The Morgan fingerprint density at radius 1 is 1.21 bits per heavy atom. The molecule has 1 aliphatic carbocycles. The third-order valence-corrected chi connectivity index (χ3v) is 3.91. The van der Waals surface area contributed by atoms with E-state index in [1.165, 1.54) is 0 Å². The summed E-state index contributed by atoms with van der Waals surface area (Å²) in [7, 11) is 0. The number of benzene rings is 1. The van der Waals surface area contributed by atoms with Crippen LogP contribution in [0.15, 0.2) is 28.8 Å². The highest BCUT2D eigenvalue weighted by molar-refractivity contribution is 6.29. The number of aromatic nitrogens is 1. The molecule has 3 N–H and O–H groups in total. The molecule has 1 aromatic heterocycles. The molecule has 1 saturated carbocycles. The molecule has 1 heterocycles. The molecule has 8 heteroatoms. The van der Waals surface area contributed by atoms with Crippen molar-refractivity contribution in [2.24, 2.45) is 0 Å². The van der Waals surface area contributed by atoms with Crippen molar-refractivity contribution < 1.29 is 14.1 Å². The molecule has 3 rings (SSSR count). The Morgan fingerprint density at radius 3 is 2.38 bits per heavy atom. The Labute approximate surface area is 143 Å². The topological polar surface area (TPSA) is 96.3 Å². The number of hydrogen-bond donors (Lipinski definition) is 3. The maximum absolute atomic E-state index is 12.1. The number of nitrogens with one attached hydrogen (secondary N) is 3. The average Bonchev–Trinajstić information content (AvgIpc) is 3.30. The highest BCUT2D eigenvalue weighted by atomic mass is 35.5. The maximum atomic E-state index is 12.1. The van der Waals surface area contributed by atoms with Crippen molar-refractivity contribution >= 4 is 34.9 Å². The summed E-state index contributed by atoms with van der Waals surface area (Å²) in [6.45, 7) is 1.73. The molecule has 7 nitrogen and oxygen atoms in total. The van der Waals surface area contributed by atoms with E-state index in [1.807, 2.05) is 0 Å². The summed E-state index contributed by atoms with van der Waals surface area (Å²) < 4.78 is 4.82. The Hall–Kier alpha value is -2.54. The third kappa shape index (κ3) is 4.26. The number of hydrogen-bond acceptors (Lipinski definition) is 4. The van der Waals surface area contributed by atoms with Gasteiger partial charge in [0.2, 0.25) is 11.1 Å². The molecule has 0 unspecified atom stereocenters. The van der Waals surface area contributed by atoms with Crippen LogP contribution in [0.3, 0.4) is 0 Å². The summed E-state index contributed by atoms with van der Waals surface area (Å²) in [5, 5.41) is 12.2. The predicted octanol–water partition coefficient (Wildman–Crippen LogP) is 3.10. The number of rotatable bonds is 5. The van der Waals surface area contributed by atoms with Crippen molar-refractivity contribution in [3.05, 3.63) is 40.7 Å². The SMILES string of the molecule is Cc1noc(Cl)c1CC(=O)Nc1ccc(NC(=O)NC2CC2)cc1. The number of carbonyl (C=O) groups excluding carboxylic acids is 2. The van der Waals surface area contributed by atoms with E-state index in [0.717, 1.165) is 12.8 Å². The standard InChI is InChI=1S/C16H17ClN4O3/c1-9-13(15(17)24-21-9)8-14(22)18-10-2-4-11(5-3-10)19-16(23)20-12-6-7-12/h2-5,12H,6-8H2,1H3,(H,18,22)(H2,19,20,23). The van der Waals surface area contributed by atoms with Gasteiger partial charge in [0.05, 0.1) is 12.1 Å². The number of halogens is 1. The molecule has 24 heavy (non-hydrogen) atoms. The van der Waals surface area contributed by atoms with Gasteiger partial charge in [-0.1, -0.05) is 5.16 Å². The number of amides is 3. The number of urea groups is 1. The molecule has 2 aromatic rings. The van der Waals surface area contributed by atoms with Gasteiger partial charge >= 0.3 is 6.03 Å². The van der Waals surface area contributed by atoms with Crippen LogP contribution in [0, 0.1) is 6.92 Å². The first-order valence-corrected chi connectivity index (χ1v) is 7.97. The van der Waals surface area contributed by atoms with Crippen molar-refractivity contribution in [3.8, 4) is 0 Å². The Bertz CT molecular complexity index is 734. The van der Waals surface area contributed by atoms with Crippen molar-refractivity contribution in [2.75, 3.05) is 10.6 Å². The largest absolute Gasteiger partial charge is 0.344 e. The number of aryl methyl sites for hydroxylation is 1. The lowest BCUT2D eigenvalue weighted by Gasteiger charge is -2.08. The fourth-order valence-electron chi connectivity index (χ4n) is 2.14. The molecular formula is C16H17ClN4O3. The van der Waals surface area contributed by atoms with Gasteiger partial charge in [-0.25, -0.2) is 4.79 Å². The molecule has 0 saturated heterocycles. The van der Waals surface area contributed by atoms with Crippen LogP contribution in [0.25, 0.3) is 0 Å². The molecule has 126 valence electrons. The van der Waals surface area contributed by atoms with E-state index in [9.17, 15) is 9.59 Å². The van der Waals surface area contributed by atoms with Crippen molar-refractivity contribution in [1.82, 2.24) is 10.5 Å². The fourth-order valence-corrected chi connectivity index (χ4v) is 2.38. The first kappa shape index (κ1) is 16.3. The van der Waals surface area contributed by atoms with E-state index >= 15 is 0 Å². The van der Waals surface area contributed by atoms with E-state index in [2.05, 4.69) is 21.1 Å². The Morgan fingerprint density at radius 2 is 1.83 bits per heavy atom. The monoisotopic (exact) mass is 348 g/mol. The predicted molar refractivity (Wildman–Crippen MR) is 90.2 cm³/mol. The van der Waals surface area contributed by atoms with E-state index in [0.29, 0.717) is 28.7 Å². The van der Waals surface area contributed by atoms with Gasteiger partial charge in [0.25, 0.3) is 0 Å². The van der Waals surface area contributed by atoms with E-state index < -0.39 is 0 Å². The second-order valence-corrected chi connectivity index (χ2v) is 6.04. The molecule has 3 amide bonds. The number of anilines is 2. The zero-order chi connectivity index (χ0) is 17.1. The van der Waals surface area contributed by atoms with E-state index in [-0.39, 0.29) is 23.6 Å². The van der Waals surface area contributed by atoms with Crippen LogP contribution in [-0.2, 0) is 11.2 Å². The molecule has 0 spiro atoms. The van der Waals surface area contributed by atoms with E-state index in [4.69, 9.17) is 16.1 Å². The molecule has 1 aliphatic rings. The van der Waals surface area contributed by atoms with Gasteiger partial charge < -0.3 is 20.5 Å². The highest BCUT2D eigenvalue weighted by Gasteiger charge is 2.23. The molecule has 0 radical (unpaired) electrons. The lowest BCUT2D eigenvalue weighted by Crippen LogP contribution is -2.30. The van der Waals surface area contributed by atoms with E-state index in [1.54, 1.807) is 31.2 Å². The summed E-state index contributed by atoms with van der Waals surface area (Å²) in [6, 6.07) is 6.96. The Balaban J connectivity index is 1.53. The van der Waals surface area contributed by atoms with Gasteiger partial charge in [0.15, 0.2) is 0 Å². The first-order valence-electron chi connectivity index (χ1n) is 7.59. The summed E-state index contributed by atoms with van der Waals surface area (Å²) >= 11 is 5.85. The van der Waals surface area contributed by atoms with Gasteiger partial charge in [-0.3, -0.25) is 4.79 Å². The fraction of sp³-hybridized carbons (Fsp3) is 0.312. The maximum Gasteiger partial charge on any atom is 0.319 e. The Kier molecular flexibility index (Phi) is 4.71. The smallest absolute Gasteiger partial charge is 0.319 e. The van der Waals surface area contributed by atoms with Gasteiger partial charge in [-0.05, 0) is 55.6 Å². The van der Waals surface area contributed by atoms with Crippen LogP contribution in [-0.4, -0.2) is 23.1 Å². The lowest BCUT2D eigenvalue weighted by molar-refractivity contribution is -0.115. The summed E-state index contributed by atoms with van der Waals surface area (Å²) in [6.07, 6.45) is 2.15. The van der Waals surface area contributed by atoms with Crippen LogP contribution in [0.2, 0.25) is 5.22 Å². The quantitative estimate of drug-likeness (QED) is 0.773. The van der Waals surface area contributed by atoms with Crippen LogP contribution < -0.4 is 16.0 Å². The number of nitrogens with zero attached hydrogens (tertiary/aromatic N) is 1. The second kappa shape index (κ2) is 6.92. The molecule has 0 bridgehead atoms. The van der Waals surface area contributed by atoms with Crippen LogP contribution in [0.1, 0.15) is 24.1 Å². The number of carbonyl (C=O) groups is 2. The zero-order valence-electron chi connectivity index (χ0n) is 13.1. The normalized spacial score (nSPS) is 13.4. The van der Waals surface area contributed by atoms with Crippen LogP contribution in [0.5, 0.6) is 0 Å². The van der Waals surface area contributed by atoms with Crippen LogP contribution in [0.4, 0.5) is 16.2 Å². The molecule has 0 aliphatic heterocycles. The second-order valence-electron chi connectivity index (χ2n) is 5.70. The molecule has 1 aromatic carbocycles. The average molecular weight is 349 g/mol. The zero-order valence-corrected chi connectivity index (χ0v) is 13.8. The molecule has 1 fully saturated rings. The lowest BCUT2D eigenvalue weighted by atomic mass is 10.2. The van der Waals surface area contributed by atoms with Gasteiger partial charge in [0.1, 0.15) is 0 Å². The minimum Gasteiger partial charge on any atom is -0.344 e. The van der Waals surface area contributed by atoms with Crippen LogP contribution >= 0.6 is 11.6 Å². The minimum atomic E-state index is -0.226. The molecule has 0 atom stereocenters. The minimum absolute atomic E-state index is 0.0813. The molecular weight excluding hydrogens is 332 g/mol. The van der Waals surface area contributed by atoms with Gasteiger partial charge in [-0.15, -0.1) is 0 Å². The van der Waals surface area contributed by atoms with Crippen molar-refractivity contribution in [2.45, 2.75) is 32.2 Å². The third-order valence-electron chi connectivity index (χ3n) is 3.61. The highest BCUT2D eigenvalue weighted by Crippen LogP contribution is 2.21. The summed E-state index contributed by atoms with van der Waals surface area (Å²) in [5.41, 5.74) is 2.45. The van der Waals surface area contributed by atoms with Crippen molar-refractivity contribution in [1.29, 1.82) is 0 Å². The summed E-state index contributed by atoms with van der Waals surface area (Å²) in [4.78, 5) is 23.7.